The summed E-state index contributed by atoms with van der Waals surface area (Å²) in [6.07, 6.45) is 4.81. The van der Waals surface area contributed by atoms with Gasteiger partial charge >= 0.3 is 0 Å². The van der Waals surface area contributed by atoms with E-state index in [4.69, 9.17) is 0 Å². The van der Waals surface area contributed by atoms with Gasteiger partial charge in [-0.1, -0.05) is 25.0 Å². The van der Waals surface area contributed by atoms with Gasteiger partial charge in [-0.2, -0.15) is 0 Å². The predicted molar refractivity (Wildman–Crippen MR) is 95.6 cm³/mol. The van der Waals surface area contributed by atoms with Crippen LogP contribution < -0.4 is 5.32 Å². The van der Waals surface area contributed by atoms with Gasteiger partial charge in [-0.15, -0.1) is 0 Å². The molecule has 0 aromatic heterocycles. The largest absolute Gasteiger partial charge is 0.396 e. The number of benzene rings is 1. The average molecular weight is 362 g/mol. The number of nitrogens with zero attached hydrogens (tertiary/aromatic N) is 1. The van der Waals surface area contributed by atoms with Crippen molar-refractivity contribution in [2.45, 2.75) is 44.6 Å². The number of piperidine rings is 1. The zero-order chi connectivity index (χ0) is 18.7. The lowest BCUT2D eigenvalue weighted by Crippen LogP contribution is -2.48. The standard InChI is InChI=1S/C20H27FN2O3/c1-23-17(25)9-8-16(18(23)14-4-6-15(21)7-5-14)19(26)22-12-20(13-24)10-2-3-11-20/h4-7,16,18,24H,2-3,8-13H2,1H3,(H,22,26). The smallest absolute Gasteiger partial charge is 0.225 e. The minimum Gasteiger partial charge on any atom is -0.396 e. The first-order valence-electron chi connectivity index (χ1n) is 9.35. The van der Waals surface area contributed by atoms with E-state index in [1.54, 1.807) is 24.1 Å². The van der Waals surface area contributed by atoms with Crippen LogP contribution in [0.5, 0.6) is 0 Å². The van der Waals surface area contributed by atoms with E-state index in [-0.39, 0.29) is 35.6 Å². The molecule has 1 saturated carbocycles. The van der Waals surface area contributed by atoms with Gasteiger partial charge in [0.2, 0.25) is 11.8 Å². The number of likely N-dealkylation sites (tertiary alicyclic amines) is 1. The maximum absolute atomic E-state index is 13.3. The van der Waals surface area contributed by atoms with Crippen molar-refractivity contribution >= 4 is 11.8 Å². The molecular formula is C20H27FN2O3. The van der Waals surface area contributed by atoms with E-state index in [1.165, 1.54) is 12.1 Å². The summed E-state index contributed by atoms with van der Waals surface area (Å²) in [5, 5.41) is 12.8. The zero-order valence-corrected chi connectivity index (χ0v) is 15.2. The number of halogens is 1. The summed E-state index contributed by atoms with van der Waals surface area (Å²) >= 11 is 0. The van der Waals surface area contributed by atoms with Crippen molar-refractivity contribution in [3.8, 4) is 0 Å². The van der Waals surface area contributed by atoms with Crippen LogP contribution in [0.1, 0.15) is 50.1 Å². The van der Waals surface area contributed by atoms with Crippen LogP contribution in [0.15, 0.2) is 24.3 Å². The number of rotatable bonds is 5. The second-order valence-electron chi connectivity index (χ2n) is 7.73. The third kappa shape index (κ3) is 3.75. The van der Waals surface area contributed by atoms with Crippen molar-refractivity contribution in [1.29, 1.82) is 0 Å². The highest BCUT2D eigenvalue weighted by Gasteiger charge is 2.40. The summed E-state index contributed by atoms with van der Waals surface area (Å²) in [6.45, 7) is 0.546. The lowest BCUT2D eigenvalue weighted by atomic mass is 9.83. The van der Waals surface area contributed by atoms with Gasteiger partial charge in [0.25, 0.3) is 0 Å². The molecule has 1 aliphatic carbocycles. The molecule has 26 heavy (non-hydrogen) atoms. The summed E-state index contributed by atoms with van der Waals surface area (Å²) in [4.78, 5) is 26.7. The van der Waals surface area contributed by atoms with Gasteiger partial charge < -0.3 is 15.3 Å². The van der Waals surface area contributed by atoms with Crippen molar-refractivity contribution in [2.75, 3.05) is 20.2 Å². The molecule has 142 valence electrons. The van der Waals surface area contributed by atoms with Crippen LogP contribution in [-0.2, 0) is 9.59 Å². The third-order valence-electron chi connectivity index (χ3n) is 6.05. The van der Waals surface area contributed by atoms with Gasteiger partial charge in [0.15, 0.2) is 0 Å². The Hall–Kier alpha value is -1.95. The van der Waals surface area contributed by atoms with Crippen molar-refractivity contribution in [3.63, 3.8) is 0 Å². The zero-order valence-electron chi connectivity index (χ0n) is 15.2. The van der Waals surface area contributed by atoms with E-state index < -0.39 is 6.04 Å². The quantitative estimate of drug-likeness (QED) is 0.845. The highest BCUT2D eigenvalue weighted by atomic mass is 19.1. The number of amides is 2. The monoisotopic (exact) mass is 362 g/mol. The Bertz CT molecular complexity index is 656. The maximum atomic E-state index is 13.3. The summed E-state index contributed by atoms with van der Waals surface area (Å²) in [5.74, 6) is -0.824. The molecule has 5 nitrogen and oxygen atoms in total. The highest BCUT2D eigenvalue weighted by Crippen LogP contribution is 2.38. The Morgan fingerprint density at radius 2 is 1.96 bits per heavy atom. The second kappa shape index (κ2) is 7.74. The highest BCUT2D eigenvalue weighted by molar-refractivity contribution is 5.84. The normalized spacial score (nSPS) is 25.3. The molecule has 3 rings (SSSR count). The topological polar surface area (TPSA) is 69.6 Å². The lowest BCUT2D eigenvalue weighted by Gasteiger charge is -2.39. The molecule has 2 fully saturated rings. The van der Waals surface area contributed by atoms with Gasteiger partial charge in [0.05, 0.1) is 18.6 Å². The molecule has 6 heteroatoms. The molecule has 1 heterocycles. The molecule has 2 unspecified atom stereocenters. The van der Waals surface area contributed by atoms with Gasteiger partial charge in [0, 0.05) is 25.4 Å². The van der Waals surface area contributed by atoms with Crippen molar-refractivity contribution in [3.05, 3.63) is 35.6 Å². The van der Waals surface area contributed by atoms with Crippen molar-refractivity contribution in [1.82, 2.24) is 10.2 Å². The molecule has 0 spiro atoms. The molecule has 2 atom stereocenters. The van der Waals surface area contributed by atoms with Crippen LogP contribution in [0.2, 0.25) is 0 Å². The number of carbonyl (C=O) groups excluding carboxylic acids is 2. The van der Waals surface area contributed by atoms with Crippen molar-refractivity contribution in [2.24, 2.45) is 11.3 Å². The van der Waals surface area contributed by atoms with Gasteiger partial charge in [0.1, 0.15) is 5.82 Å². The molecule has 1 aromatic carbocycles. The second-order valence-corrected chi connectivity index (χ2v) is 7.73. The number of hydrogen-bond acceptors (Lipinski definition) is 3. The molecule has 2 amide bonds. The minimum atomic E-state index is -0.398. The van der Waals surface area contributed by atoms with Crippen LogP contribution in [0, 0.1) is 17.2 Å². The van der Waals surface area contributed by atoms with Crippen LogP contribution in [0.3, 0.4) is 0 Å². The van der Waals surface area contributed by atoms with E-state index in [9.17, 15) is 19.1 Å². The Morgan fingerprint density at radius 1 is 1.31 bits per heavy atom. The fourth-order valence-electron chi connectivity index (χ4n) is 4.35. The van der Waals surface area contributed by atoms with Gasteiger partial charge in [-0.05, 0) is 37.0 Å². The Morgan fingerprint density at radius 3 is 2.58 bits per heavy atom. The summed E-state index contributed by atoms with van der Waals surface area (Å²) in [5.41, 5.74) is 0.553. The number of aliphatic hydroxyl groups is 1. The predicted octanol–water partition coefficient (Wildman–Crippen LogP) is 2.40. The number of hydrogen-bond donors (Lipinski definition) is 2. The number of nitrogens with one attached hydrogen (secondary N) is 1. The Kier molecular flexibility index (Phi) is 5.61. The molecule has 1 aromatic rings. The van der Waals surface area contributed by atoms with Gasteiger partial charge in [-0.25, -0.2) is 4.39 Å². The summed E-state index contributed by atoms with van der Waals surface area (Å²) < 4.78 is 13.3. The molecule has 1 aliphatic heterocycles. The minimum absolute atomic E-state index is 0.00834. The van der Waals surface area contributed by atoms with E-state index in [2.05, 4.69) is 5.32 Å². The molecule has 0 bridgehead atoms. The van der Waals surface area contributed by atoms with Crippen LogP contribution in [-0.4, -0.2) is 42.0 Å². The number of aliphatic hydroxyl groups excluding tert-OH is 1. The third-order valence-corrected chi connectivity index (χ3v) is 6.05. The maximum Gasteiger partial charge on any atom is 0.225 e. The van der Waals surface area contributed by atoms with Crippen LogP contribution in [0.4, 0.5) is 4.39 Å². The fourth-order valence-corrected chi connectivity index (χ4v) is 4.35. The summed E-state index contributed by atoms with van der Waals surface area (Å²) in [7, 11) is 1.70. The Balaban J connectivity index is 1.75. The van der Waals surface area contributed by atoms with E-state index in [0.29, 0.717) is 19.4 Å². The molecule has 2 N–H and O–H groups in total. The first-order valence-corrected chi connectivity index (χ1v) is 9.35. The first-order chi connectivity index (χ1) is 12.5. The van der Waals surface area contributed by atoms with Gasteiger partial charge in [-0.3, -0.25) is 9.59 Å². The lowest BCUT2D eigenvalue weighted by molar-refractivity contribution is -0.141. The van der Waals surface area contributed by atoms with Crippen molar-refractivity contribution < 1.29 is 19.1 Å². The SMILES string of the molecule is CN1C(=O)CCC(C(=O)NCC2(CO)CCCC2)C1c1ccc(F)cc1. The van der Waals surface area contributed by atoms with E-state index >= 15 is 0 Å². The number of carbonyl (C=O) groups is 2. The molecular weight excluding hydrogens is 335 g/mol. The van der Waals surface area contributed by atoms with Crippen LogP contribution in [0.25, 0.3) is 0 Å². The molecule has 1 saturated heterocycles. The van der Waals surface area contributed by atoms with Crippen LogP contribution >= 0.6 is 0 Å². The fraction of sp³-hybridized carbons (Fsp3) is 0.600. The summed E-state index contributed by atoms with van der Waals surface area (Å²) in [6, 6.07) is 5.60. The average Bonchev–Trinajstić information content (AvgIpc) is 3.12. The molecule has 2 aliphatic rings. The Labute approximate surface area is 153 Å². The van der Waals surface area contributed by atoms with E-state index in [1.807, 2.05) is 0 Å². The first kappa shape index (κ1) is 18.8. The van der Waals surface area contributed by atoms with E-state index in [0.717, 1.165) is 31.2 Å². The molecule has 0 radical (unpaired) electrons.